The van der Waals surface area contributed by atoms with Crippen molar-refractivity contribution in [2.24, 2.45) is 0 Å². The third-order valence-corrected chi connectivity index (χ3v) is 2.61. The Bertz CT molecular complexity index is 398. The lowest BCUT2D eigenvalue weighted by Crippen LogP contribution is -2.22. The van der Waals surface area contributed by atoms with Crippen LogP contribution in [0.2, 0.25) is 0 Å². The number of hydrogen-bond donors (Lipinski definition) is 1. The second kappa shape index (κ2) is 6.93. The van der Waals surface area contributed by atoms with Crippen LogP contribution in [0.25, 0.3) is 0 Å². The molecule has 2 nitrogen and oxygen atoms in total. The molecule has 0 bridgehead atoms. The zero-order chi connectivity index (χ0) is 12.7. The van der Waals surface area contributed by atoms with Gasteiger partial charge < -0.3 is 10.1 Å². The van der Waals surface area contributed by atoms with Crippen LogP contribution in [0.15, 0.2) is 18.2 Å². The summed E-state index contributed by atoms with van der Waals surface area (Å²) >= 11 is 0. The minimum absolute atomic E-state index is 0.104. The molecule has 1 rings (SSSR count). The molecule has 1 aromatic carbocycles. The molecule has 1 unspecified atom stereocenters. The summed E-state index contributed by atoms with van der Waals surface area (Å²) < 4.78 is 19.1. The van der Waals surface area contributed by atoms with Gasteiger partial charge in [0.15, 0.2) is 0 Å². The Labute approximate surface area is 102 Å². The summed E-state index contributed by atoms with van der Waals surface area (Å²) in [7, 11) is 1.54. The smallest absolute Gasteiger partial charge is 0.131 e. The molecule has 92 valence electrons. The highest BCUT2D eigenvalue weighted by atomic mass is 19.1. The van der Waals surface area contributed by atoms with Crippen molar-refractivity contribution in [1.82, 2.24) is 5.32 Å². The fourth-order valence-electron chi connectivity index (χ4n) is 1.86. The van der Waals surface area contributed by atoms with Gasteiger partial charge in [0.1, 0.15) is 11.6 Å². The Kier molecular flexibility index (Phi) is 5.51. The SMILES string of the molecule is C#CCCC(NCC)c1c(F)cccc1OC. The van der Waals surface area contributed by atoms with Gasteiger partial charge in [0.2, 0.25) is 0 Å². The predicted molar refractivity (Wildman–Crippen MR) is 67.4 cm³/mol. The van der Waals surface area contributed by atoms with Gasteiger partial charge in [0.25, 0.3) is 0 Å². The van der Waals surface area contributed by atoms with E-state index in [2.05, 4.69) is 11.2 Å². The van der Waals surface area contributed by atoms with Gasteiger partial charge in [-0.15, -0.1) is 12.3 Å². The van der Waals surface area contributed by atoms with Crippen molar-refractivity contribution >= 4 is 0 Å². The van der Waals surface area contributed by atoms with E-state index in [4.69, 9.17) is 11.2 Å². The topological polar surface area (TPSA) is 21.3 Å². The maximum atomic E-state index is 13.9. The average molecular weight is 235 g/mol. The van der Waals surface area contributed by atoms with Gasteiger partial charge in [0.05, 0.1) is 7.11 Å². The van der Waals surface area contributed by atoms with Crippen LogP contribution in [0.1, 0.15) is 31.4 Å². The lowest BCUT2D eigenvalue weighted by atomic mass is 10.0. The molecule has 17 heavy (non-hydrogen) atoms. The molecule has 0 aliphatic rings. The van der Waals surface area contributed by atoms with E-state index >= 15 is 0 Å². The molecule has 1 atom stereocenters. The summed E-state index contributed by atoms with van der Waals surface area (Å²) in [5.41, 5.74) is 0.562. The first kappa shape index (κ1) is 13.5. The van der Waals surface area contributed by atoms with Crippen LogP contribution in [0.5, 0.6) is 5.75 Å². The van der Waals surface area contributed by atoms with E-state index in [1.807, 2.05) is 6.92 Å². The molecule has 0 heterocycles. The largest absolute Gasteiger partial charge is 0.496 e. The van der Waals surface area contributed by atoms with Crippen LogP contribution in [-0.4, -0.2) is 13.7 Å². The Morgan fingerprint density at radius 3 is 2.88 bits per heavy atom. The second-order valence-corrected chi connectivity index (χ2v) is 3.71. The predicted octanol–water partition coefficient (Wildman–Crippen LogP) is 2.90. The van der Waals surface area contributed by atoms with Crippen LogP contribution in [-0.2, 0) is 0 Å². The van der Waals surface area contributed by atoms with Crippen LogP contribution in [0, 0.1) is 18.2 Å². The summed E-state index contributed by atoms with van der Waals surface area (Å²) in [6, 6.07) is 4.74. The lowest BCUT2D eigenvalue weighted by molar-refractivity contribution is 0.387. The van der Waals surface area contributed by atoms with Crippen LogP contribution in [0.4, 0.5) is 4.39 Å². The van der Waals surface area contributed by atoms with Gasteiger partial charge in [-0.1, -0.05) is 13.0 Å². The molecule has 0 saturated heterocycles. The van der Waals surface area contributed by atoms with Crippen LogP contribution >= 0.6 is 0 Å². The van der Waals surface area contributed by atoms with Crippen LogP contribution < -0.4 is 10.1 Å². The molecule has 0 saturated carbocycles. The lowest BCUT2D eigenvalue weighted by Gasteiger charge is -2.20. The summed E-state index contributed by atoms with van der Waals surface area (Å²) in [6.45, 7) is 2.74. The highest BCUT2D eigenvalue weighted by molar-refractivity contribution is 5.37. The number of hydrogen-bond acceptors (Lipinski definition) is 2. The molecule has 3 heteroatoms. The zero-order valence-electron chi connectivity index (χ0n) is 10.3. The van der Waals surface area contributed by atoms with Gasteiger partial charge in [-0.25, -0.2) is 4.39 Å². The molecule has 1 aromatic rings. The Balaban J connectivity index is 3.03. The van der Waals surface area contributed by atoms with Crippen LogP contribution in [0.3, 0.4) is 0 Å². The molecule has 0 amide bonds. The number of halogens is 1. The normalized spacial score (nSPS) is 11.9. The molecule has 0 radical (unpaired) electrons. The fraction of sp³-hybridized carbons (Fsp3) is 0.429. The van der Waals surface area contributed by atoms with Gasteiger partial charge in [-0.3, -0.25) is 0 Å². The van der Waals surface area contributed by atoms with Gasteiger partial charge in [-0.05, 0) is 25.1 Å². The summed E-state index contributed by atoms with van der Waals surface area (Å²) in [5.74, 6) is 2.89. The minimum Gasteiger partial charge on any atom is -0.496 e. The fourth-order valence-corrected chi connectivity index (χ4v) is 1.86. The molecule has 0 aliphatic carbocycles. The zero-order valence-corrected chi connectivity index (χ0v) is 10.3. The third kappa shape index (κ3) is 3.47. The first-order chi connectivity index (χ1) is 8.24. The van der Waals surface area contributed by atoms with E-state index in [0.29, 0.717) is 24.2 Å². The summed E-state index contributed by atoms with van der Waals surface area (Å²) in [5, 5.41) is 3.23. The number of terminal acetylenes is 1. The first-order valence-corrected chi connectivity index (χ1v) is 5.73. The van der Waals surface area contributed by atoms with Gasteiger partial charge in [-0.2, -0.15) is 0 Å². The number of rotatable bonds is 6. The van der Waals surface area contributed by atoms with Crippen molar-refractivity contribution in [1.29, 1.82) is 0 Å². The Morgan fingerprint density at radius 1 is 1.53 bits per heavy atom. The second-order valence-electron chi connectivity index (χ2n) is 3.71. The maximum Gasteiger partial charge on any atom is 0.131 e. The Morgan fingerprint density at radius 2 is 2.29 bits per heavy atom. The van der Waals surface area contributed by atoms with Gasteiger partial charge >= 0.3 is 0 Å². The first-order valence-electron chi connectivity index (χ1n) is 5.73. The highest BCUT2D eigenvalue weighted by Crippen LogP contribution is 2.30. The number of nitrogens with one attached hydrogen (secondary N) is 1. The van der Waals surface area contributed by atoms with Crippen molar-refractivity contribution in [2.45, 2.75) is 25.8 Å². The van der Waals surface area contributed by atoms with Crippen molar-refractivity contribution in [3.05, 3.63) is 29.6 Å². The molecule has 1 N–H and O–H groups in total. The molecule has 0 aromatic heterocycles. The maximum absolute atomic E-state index is 13.9. The molecular formula is C14H18FNO. The van der Waals surface area contributed by atoms with E-state index in [0.717, 1.165) is 6.54 Å². The van der Waals surface area contributed by atoms with Crippen molar-refractivity contribution in [2.75, 3.05) is 13.7 Å². The quantitative estimate of drug-likeness (QED) is 0.765. The Hall–Kier alpha value is -1.53. The number of ether oxygens (including phenoxy) is 1. The van der Waals surface area contributed by atoms with E-state index in [-0.39, 0.29) is 11.9 Å². The number of benzene rings is 1. The minimum atomic E-state index is -0.257. The van der Waals surface area contributed by atoms with Crippen molar-refractivity contribution in [3.8, 4) is 18.1 Å². The van der Waals surface area contributed by atoms with Crippen molar-refractivity contribution < 1.29 is 9.13 Å². The standard InChI is InChI=1S/C14H18FNO/c1-4-6-9-12(16-5-2)14-11(15)8-7-10-13(14)17-3/h1,7-8,10,12,16H,5-6,9H2,2-3H3. The third-order valence-electron chi connectivity index (χ3n) is 2.61. The molecule has 0 fully saturated rings. The highest BCUT2D eigenvalue weighted by Gasteiger charge is 2.18. The van der Waals surface area contributed by atoms with E-state index in [1.165, 1.54) is 6.07 Å². The average Bonchev–Trinajstić information content (AvgIpc) is 2.34. The van der Waals surface area contributed by atoms with Gasteiger partial charge in [0, 0.05) is 18.0 Å². The molecule has 0 aliphatic heterocycles. The summed E-state index contributed by atoms with van der Waals surface area (Å²) in [4.78, 5) is 0. The molecular weight excluding hydrogens is 217 g/mol. The van der Waals surface area contributed by atoms with Crippen molar-refractivity contribution in [3.63, 3.8) is 0 Å². The molecule has 0 spiro atoms. The van der Waals surface area contributed by atoms with E-state index in [1.54, 1.807) is 19.2 Å². The monoisotopic (exact) mass is 235 g/mol. The van der Waals surface area contributed by atoms with E-state index < -0.39 is 0 Å². The van der Waals surface area contributed by atoms with E-state index in [9.17, 15) is 4.39 Å². The number of methoxy groups -OCH3 is 1. The summed E-state index contributed by atoms with van der Waals surface area (Å²) in [6.07, 6.45) is 6.56.